The van der Waals surface area contributed by atoms with Crippen LogP contribution in [0.2, 0.25) is 0 Å². The summed E-state index contributed by atoms with van der Waals surface area (Å²) in [6.45, 7) is 7.06. The molecule has 1 amide bonds. The number of carbonyl (C=O) groups excluding carboxylic acids is 2. The molecule has 3 fully saturated rings. The van der Waals surface area contributed by atoms with E-state index in [1.165, 1.54) is 6.42 Å². The van der Waals surface area contributed by atoms with Crippen molar-refractivity contribution >= 4 is 23.5 Å². The van der Waals surface area contributed by atoms with Crippen LogP contribution >= 0.6 is 11.6 Å². The molecular weight excluding hydrogens is 362 g/mol. The molecule has 0 bridgehead atoms. The first kappa shape index (κ1) is 19.3. The van der Waals surface area contributed by atoms with E-state index >= 15 is 0 Å². The fourth-order valence-electron chi connectivity index (χ4n) is 7.13. The van der Waals surface area contributed by atoms with Crippen LogP contribution in [0.1, 0.15) is 72.1 Å². The molecule has 4 rings (SSSR count). The lowest BCUT2D eigenvalue weighted by Gasteiger charge is -2.57. The summed E-state index contributed by atoms with van der Waals surface area (Å²) in [6, 6.07) is 0. The van der Waals surface area contributed by atoms with Gasteiger partial charge < -0.3 is 10.1 Å². The van der Waals surface area contributed by atoms with Crippen LogP contribution in [0.15, 0.2) is 10.7 Å². The first-order valence-corrected chi connectivity index (χ1v) is 11.0. The third-order valence-electron chi connectivity index (χ3n) is 8.56. The number of esters is 1. The molecule has 4 nitrogen and oxygen atoms in total. The van der Waals surface area contributed by atoms with E-state index < -0.39 is 0 Å². The summed E-state index contributed by atoms with van der Waals surface area (Å²) < 4.78 is 5.24. The molecule has 0 aromatic heterocycles. The Morgan fingerprint density at radius 1 is 1.22 bits per heavy atom. The zero-order valence-corrected chi connectivity index (χ0v) is 17.5. The highest BCUT2D eigenvalue weighted by Crippen LogP contribution is 2.66. The lowest BCUT2D eigenvalue weighted by atomic mass is 9.49. The number of piperidine rings is 1. The minimum atomic E-state index is -0.0442. The van der Waals surface area contributed by atoms with Gasteiger partial charge in [-0.3, -0.25) is 9.59 Å². The minimum absolute atomic E-state index is 0.00549. The van der Waals surface area contributed by atoms with Gasteiger partial charge in [-0.05, 0) is 74.5 Å². The number of allylic oxidation sites excluding steroid dienone is 2. The van der Waals surface area contributed by atoms with Gasteiger partial charge in [0.25, 0.3) is 0 Å². The predicted molar refractivity (Wildman–Crippen MR) is 105 cm³/mol. The molecule has 1 aliphatic heterocycles. The Hall–Kier alpha value is -1.03. The Balaban J connectivity index is 1.60. The van der Waals surface area contributed by atoms with Gasteiger partial charge in [-0.2, -0.15) is 0 Å². The van der Waals surface area contributed by atoms with E-state index in [4.69, 9.17) is 16.3 Å². The van der Waals surface area contributed by atoms with E-state index in [0.29, 0.717) is 43.1 Å². The quantitative estimate of drug-likeness (QED) is 0.702. The van der Waals surface area contributed by atoms with Gasteiger partial charge in [-0.25, -0.2) is 0 Å². The number of halogens is 1. The average molecular weight is 394 g/mol. The monoisotopic (exact) mass is 393 g/mol. The smallest absolute Gasteiger partial charge is 0.306 e. The Morgan fingerprint density at radius 3 is 2.74 bits per heavy atom. The van der Waals surface area contributed by atoms with Gasteiger partial charge in [0, 0.05) is 29.0 Å². The Morgan fingerprint density at radius 2 is 2.00 bits per heavy atom. The molecule has 4 aliphatic rings. The van der Waals surface area contributed by atoms with Gasteiger partial charge in [-0.1, -0.05) is 25.4 Å². The predicted octanol–water partition coefficient (Wildman–Crippen LogP) is 4.77. The van der Waals surface area contributed by atoms with Crippen LogP contribution in [0.25, 0.3) is 0 Å². The highest BCUT2D eigenvalue weighted by molar-refractivity contribution is 6.30. The molecule has 3 aliphatic carbocycles. The highest BCUT2D eigenvalue weighted by atomic mass is 35.5. The summed E-state index contributed by atoms with van der Waals surface area (Å²) in [5.74, 6) is 2.24. The van der Waals surface area contributed by atoms with Gasteiger partial charge in [-0.15, -0.1) is 0 Å². The van der Waals surface area contributed by atoms with Crippen molar-refractivity contribution in [3.63, 3.8) is 0 Å². The first-order valence-electron chi connectivity index (χ1n) is 10.6. The summed E-state index contributed by atoms with van der Waals surface area (Å²) in [4.78, 5) is 24.1. The molecule has 1 N–H and O–H groups in total. The van der Waals surface area contributed by atoms with E-state index in [9.17, 15) is 9.59 Å². The van der Waals surface area contributed by atoms with E-state index in [2.05, 4.69) is 19.2 Å². The van der Waals surface area contributed by atoms with E-state index in [0.717, 1.165) is 42.8 Å². The molecule has 2 saturated carbocycles. The standard InChI is InChI=1S/C22H32ClNO3/c1-4-27-19(26)11-13-5-6-15-14-12-17(23)20-22(3,10-8-18(25)24-20)16(14)7-9-21(13,15)2/h13-16H,4-12H2,1-3H3,(H,24,25)/t13-,14?,15?,16?,21-,22-/m1/s1. The lowest BCUT2D eigenvalue weighted by Crippen LogP contribution is -2.54. The normalized spacial score (nSPS) is 43.5. The molecule has 0 radical (unpaired) electrons. The van der Waals surface area contributed by atoms with Gasteiger partial charge in [0.05, 0.1) is 6.61 Å². The van der Waals surface area contributed by atoms with Crippen LogP contribution in [0.4, 0.5) is 0 Å². The second-order valence-corrected chi connectivity index (χ2v) is 10.1. The van der Waals surface area contributed by atoms with E-state index in [-0.39, 0.29) is 22.7 Å². The highest BCUT2D eigenvalue weighted by Gasteiger charge is 2.59. The van der Waals surface area contributed by atoms with Gasteiger partial charge in [0.15, 0.2) is 0 Å². The number of hydrogen-bond acceptors (Lipinski definition) is 3. The molecule has 150 valence electrons. The van der Waals surface area contributed by atoms with Crippen LogP contribution in [-0.2, 0) is 14.3 Å². The molecular formula is C22H32ClNO3. The van der Waals surface area contributed by atoms with Crippen LogP contribution in [0.3, 0.4) is 0 Å². The van der Waals surface area contributed by atoms with Crippen molar-refractivity contribution in [3.05, 3.63) is 10.7 Å². The second-order valence-electron chi connectivity index (χ2n) is 9.65. The Labute approximate surface area is 167 Å². The summed E-state index contributed by atoms with van der Waals surface area (Å²) >= 11 is 6.75. The summed E-state index contributed by atoms with van der Waals surface area (Å²) in [6.07, 6.45) is 7.56. The molecule has 1 saturated heterocycles. The minimum Gasteiger partial charge on any atom is -0.466 e. The Bertz CT molecular complexity index is 689. The first-order chi connectivity index (χ1) is 12.8. The van der Waals surface area contributed by atoms with E-state index in [1.54, 1.807) is 0 Å². The number of nitrogens with one attached hydrogen (secondary N) is 1. The van der Waals surface area contributed by atoms with Crippen molar-refractivity contribution in [2.24, 2.45) is 34.5 Å². The summed E-state index contributed by atoms with van der Waals surface area (Å²) in [5.41, 5.74) is 1.21. The van der Waals surface area contributed by atoms with Crippen molar-refractivity contribution in [1.82, 2.24) is 5.32 Å². The van der Waals surface area contributed by atoms with Gasteiger partial charge in [0.2, 0.25) is 5.91 Å². The maximum Gasteiger partial charge on any atom is 0.306 e. The van der Waals surface area contributed by atoms with Crippen molar-refractivity contribution in [1.29, 1.82) is 0 Å². The van der Waals surface area contributed by atoms with Crippen LogP contribution < -0.4 is 5.32 Å². The van der Waals surface area contributed by atoms with Crippen molar-refractivity contribution in [2.75, 3.05) is 6.61 Å². The number of fused-ring (bicyclic) bond motifs is 5. The van der Waals surface area contributed by atoms with Gasteiger partial charge in [0.1, 0.15) is 0 Å². The molecule has 27 heavy (non-hydrogen) atoms. The molecule has 0 aromatic carbocycles. The SMILES string of the molecule is CCOC(=O)C[C@H]1CCC2C3CC(Cl)=C4NC(=O)CC[C@]4(C)C3CC[C@@]21C. The van der Waals surface area contributed by atoms with Gasteiger partial charge >= 0.3 is 5.97 Å². The number of amides is 1. The van der Waals surface area contributed by atoms with Crippen LogP contribution in [-0.4, -0.2) is 18.5 Å². The van der Waals surface area contributed by atoms with Crippen LogP contribution in [0.5, 0.6) is 0 Å². The molecule has 3 unspecified atom stereocenters. The molecule has 0 aromatic rings. The van der Waals surface area contributed by atoms with Crippen molar-refractivity contribution < 1.29 is 14.3 Å². The molecule has 0 spiro atoms. The average Bonchev–Trinajstić information content (AvgIpc) is 2.94. The number of ether oxygens (including phenoxy) is 1. The molecule has 6 atom stereocenters. The number of hydrogen-bond donors (Lipinski definition) is 1. The van der Waals surface area contributed by atoms with E-state index in [1.807, 2.05) is 6.92 Å². The maximum atomic E-state index is 12.1. The molecule has 5 heteroatoms. The topological polar surface area (TPSA) is 55.4 Å². The van der Waals surface area contributed by atoms with Crippen molar-refractivity contribution in [3.8, 4) is 0 Å². The maximum absolute atomic E-state index is 12.1. The largest absolute Gasteiger partial charge is 0.466 e. The Kier molecular flexibility index (Phi) is 4.85. The number of rotatable bonds is 3. The van der Waals surface area contributed by atoms with Crippen LogP contribution in [0, 0.1) is 34.5 Å². The zero-order valence-electron chi connectivity index (χ0n) is 16.8. The third-order valence-corrected chi connectivity index (χ3v) is 8.91. The fourth-order valence-corrected chi connectivity index (χ4v) is 7.57. The summed E-state index contributed by atoms with van der Waals surface area (Å²) in [7, 11) is 0. The molecule has 1 heterocycles. The zero-order chi connectivity index (χ0) is 19.4. The third kappa shape index (κ3) is 2.94. The number of carbonyl (C=O) groups is 2. The second kappa shape index (κ2) is 6.79. The summed E-state index contributed by atoms with van der Waals surface area (Å²) in [5, 5.41) is 3.97. The van der Waals surface area contributed by atoms with Crippen molar-refractivity contribution in [2.45, 2.75) is 72.1 Å². The fraction of sp³-hybridized carbons (Fsp3) is 0.818. The lowest BCUT2D eigenvalue weighted by molar-refractivity contribution is -0.146.